The van der Waals surface area contributed by atoms with Crippen LogP contribution in [0.1, 0.15) is 13.8 Å². The van der Waals surface area contributed by atoms with Gasteiger partial charge in [0.2, 0.25) is 0 Å². The Morgan fingerprint density at radius 1 is 1.00 bits per heavy atom. The molecule has 0 aromatic rings. The summed E-state index contributed by atoms with van der Waals surface area (Å²) in [4.78, 5) is 0. The molecule has 56 valence electrons. The highest BCUT2D eigenvalue weighted by Gasteiger charge is 2.46. The van der Waals surface area contributed by atoms with Crippen LogP contribution in [0.4, 0.5) is 0 Å². The van der Waals surface area contributed by atoms with Crippen LogP contribution >= 0.6 is 0 Å². The summed E-state index contributed by atoms with van der Waals surface area (Å²) in [6.45, 7) is 4.48. The van der Waals surface area contributed by atoms with E-state index in [4.69, 9.17) is 0 Å². The average Bonchev–Trinajstić information content (AvgIpc) is 2.34. The van der Waals surface area contributed by atoms with E-state index < -0.39 is 0 Å². The third-order valence-corrected chi connectivity index (χ3v) is 3.39. The molecule has 1 fully saturated rings. The van der Waals surface area contributed by atoms with Crippen molar-refractivity contribution in [1.82, 2.24) is 0 Å². The van der Waals surface area contributed by atoms with Gasteiger partial charge in [-0.15, -0.1) is 0 Å². The number of fused-ring (bicyclic) bond motifs is 2. The quantitative estimate of drug-likeness (QED) is 0.502. The van der Waals surface area contributed by atoms with Crippen LogP contribution in [0.15, 0.2) is 12.2 Å². The van der Waals surface area contributed by atoms with Crippen LogP contribution in [0.25, 0.3) is 0 Å². The van der Waals surface area contributed by atoms with Gasteiger partial charge in [0.15, 0.2) is 0 Å². The van der Waals surface area contributed by atoms with E-state index in [1.165, 1.54) is 0 Å². The normalized spacial score (nSPS) is 58.1. The van der Waals surface area contributed by atoms with Gasteiger partial charge in [0.05, 0.1) is 6.10 Å². The fraction of sp³-hybridized carbons (Fsp3) is 0.778. The van der Waals surface area contributed by atoms with Gasteiger partial charge in [-0.3, -0.25) is 0 Å². The van der Waals surface area contributed by atoms with Crippen molar-refractivity contribution < 1.29 is 5.11 Å². The lowest BCUT2D eigenvalue weighted by Crippen LogP contribution is -2.14. The van der Waals surface area contributed by atoms with Crippen molar-refractivity contribution in [1.29, 1.82) is 0 Å². The largest absolute Gasteiger partial charge is 0.392 e. The summed E-state index contributed by atoms with van der Waals surface area (Å²) >= 11 is 0. The molecule has 2 unspecified atom stereocenters. The van der Waals surface area contributed by atoms with Gasteiger partial charge in [0.1, 0.15) is 0 Å². The van der Waals surface area contributed by atoms with E-state index >= 15 is 0 Å². The van der Waals surface area contributed by atoms with Gasteiger partial charge in [-0.05, 0) is 11.8 Å². The van der Waals surface area contributed by atoms with Crippen molar-refractivity contribution >= 4 is 0 Å². The first-order valence-corrected chi connectivity index (χ1v) is 4.08. The number of rotatable bonds is 0. The molecule has 0 radical (unpaired) electrons. The molecular formula is C9H14O. The van der Waals surface area contributed by atoms with Crippen LogP contribution in [0.3, 0.4) is 0 Å². The number of aliphatic hydroxyl groups is 1. The zero-order valence-corrected chi connectivity index (χ0v) is 6.49. The second-order valence-corrected chi connectivity index (χ2v) is 3.75. The maximum absolute atomic E-state index is 9.61. The van der Waals surface area contributed by atoms with E-state index in [0.717, 1.165) is 0 Å². The highest BCUT2D eigenvalue weighted by molar-refractivity contribution is 5.16. The summed E-state index contributed by atoms with van der Waals surface area (Å²) in [5.41, 5.74) is 0. The summed E-state index contributed by atoms with van der Waals surface area (Å²) in [5, 5.41) is 9.61. The lowest BCUT2D eigenvalue weighted by Gasteiger charge is -2.18. The summed E-state index contributed by atoms with van der Waals surface area (Å²) in [6, 6.07) is 0. The molecule has 1 heteroatoms. The highest BCUT2D eigenvalue weighted by Crippen LogP contribution is 2.47. The summed E-state index contributed by atoms with van der Waals surface area (Å²) in [7, 11) is 0. The first-order chi connectivity index (χ1) is 4.72. The SMILES string of the molecule is C[C@H]1C2C=CC(C2O)[C@@H]1C. The topological polar surface area (TPSA) is 20.2 Å². The molecule has 0 aliphatic heterocycles. The molecule has 0 saturated heterocycles. The van der Waals surface area contributed by atoms with Crippen LogP contribution < -0.4 is 0 Å². The molecule has 0 amide bonds. The molecule has 1 nitrogen and oxygen atoms in total. The van der Waals surface area contributed by atoms with Gasteiger partial charge in [0.25, 0.3) is 0 Å². The lowest BCUT2D eigenvalue weighted by molar-refractivity contribution is 0.129. The van der Waals surface area contributed by atoms with Crippen molar-refractivity contribution in [2.75, 3.05) is 0 Å². The molecule has 1 saturated carbocycles. The number of hydrogen-bond acceptors (Lipinski definition) is 1. The Hall–Kier alpha value is -0.300. The van der Waals surface area contributed by atoms with Crippen molar-refractivity contribution in [3.05, 3.63) is 12.2 Å². The van der Waals surface area contributed by atoms with Crippen molar-refractivity contribution in [3.63, 3.8) is 0 Å². The van der Waals surface area contributed by atoms with E-state index in [1.54, 1.807) is 0 Å². The van der Waals surface area contributed by atoms with Gasteiger partial charge in [-0.25, -0.2) is 0 Å². The number of hydrogen-bond donors (Lipinski definition) is 1. The summed E-state index contributed by atoms with van der Waals surface area (Å²) in [5.74, 6) is 2.29. The van der Waals surface area contributed by atoms with E-state index in [9.17, 15) is 5.11 Å². The molecule has 0 aromatic heterocycles. The fourth-order valence-corrected chi connectivity index (χ4v) is 2.41. The molecule has 0 heterocycles. The number of aliphatic hydroxyl groups excluding tert-OH is 1. The van der Waals surface area contributed by atoms with Gasteiger partial charge in [0, 0.05) is 11.8 Å². The maximum atomic E-state index is 9.61. The molecule has 4 atom stereocenters. The van der Waals surface area contributed by atoms with Gasteiger partial charge in [-0.2, -0.15) is 0 Å². The Morgan fingerprint density at radius 2 is 1.40 bits per heavy atom. The molecule has 2 rings (SSSR count). The van der Waals surface area contributed by atoms with Gasteiger partial charge >= 0.3 is 0 Å². The Balaban J connectivity index is 2.30. The molecule has 1 N–H and O–H groups in total. The van der Waals surface area contributed by atoms with Crippen molar-refractivity contribution in [2.24, 2.45) is 23.7 Å². The summed E-state index contributed by atoms with van der Waals surface area (Å²) < 4.78 is 0. The molecule has 2 aliphatic rings. The van der Waals surface area contributed by atoms with Crippen molar-refractivity contribution in [2.45, 2.75) is 20.0 Å². The first kappa shape index (κ1) is 6.41. The zero-order valence-electron chi connectivity index (χ0n) is 6.49. The highest BCUT2D eigenvalue weighted by atomic mass is 16.3. The summed E-state index contributed by atoms with van der Waals surface area (Å²) in [6.07, 6.45) is 4.30. The third-order valence-electron chi connectivity index (χ3n) is 3.39. The molecule has 2 aliphatic carbocycles. The predicted octanol–water partition coefficient (Wildman–Crippen LogP) is 1.44. The van der Waals surface area contributed by atoms with Crippen LogP contribution in [0.2, 0.25) is 0 Å². The second-order valence-electron chi connectivity index (χ2n) is 3.75. The smallest absolute Gasteiger partial charge is 0.0670 e. The van der Waals surface area contributed by atoms with Crippen LogP contribution in [-0.4, -0.2) is 11.2 Å². The Labute approximate surface area is 61.8 Å². The van der Waals surface area contributed by atoms with Crippen molar-refractivity contribution in [3.8, 4) is 0 Å². The molecule has 10 heavy (non-hydrogen) atoms. The van der Waals surface area contributed by atoms with Crippen LogP contribution in [0.5, 0.6) is 0 Å². The van der Waals surface area contributed by atoms with E-state index in [0.29, 0.717) is 23.7 Å². The third kappa shape index (κ3) is 0.567. The fourth-order valence-electron chi connectivity index (χ4n) is 2.41. The molecular weight excluding hydrogens is 124 g/mol. The first-order valence-electron chi connectivity index (χ1n) is 4.08. The second kappa shape index (κ2) is 1.85. The van der Waals surface area contributed by atoms with E-state index in [-0.39, 0.29) is 6.10 Å². The molecule has 2 bridgehead atoms. The predicted molar refractivity (Wildman–Crippen MR) is 40.5 cm³/mol. The Morgan fingerprint density at radius 3 is 1.60 bits per heavy atom. The standard InChI is InChI=1S/C9H14O/c1-5-6(2)8-4-3-7(5)9(8)10/h3-10H,1-2H3/t5-,6-,7?,8?,9?/m1/s1. The van der Waals surface area contributed by atoms with Crippen LogP contribution in [-0.2, 0) is 0 Å². The minimum atomic E-state index is -0.0648. The van der Waals surface area contributed by atoms with Gasteiger partial charge < -0.3 is 5.11 Å². The van der Waals surface area contributed by atoms with Crippen LogP contribution in [0, 0.1) is 23.7 Å². The monoisotopic (exact) mass is 138 g/mol. The Kier molecular flexibility index (Phi) is 1.19. The minimum absolute atomic E-state index is 0.0648. The molecule has 0 aromatic carbocycles. The molecule has 0 spiro atoms. The van der Waals surface area contributed by atoms with E-state index in [1.807, 2.05) is 0 Å². The maximum Gasteiger partial charge on any atom is 0.0670 e. The average molecular weight is 138 g/mol. The van der Waals surface area contributed by atoms with E-state index in [2.05, 4.69) is 26.0 Å². The minimum Gasteiger partial charge on any atom is -0.392 e. The zero-order chi connectivity index (χ0) is 7.30. The van der Waals surface area contributed by atoms with Gasteiger partial charge in [-0.1, -0.05) is 26.0 Å². The lowest BCUT2D eigenvalue weighted by atomic mass is 9.86. The Bertz CT molecular complexity index is 156.